The van der Waals surface area contributed by atoms with Crippen molar-refractivity contribution in [3.63, 3.8) is 0 Å². The van der Waals surface area contributed by atoms with Gasteiger partial charge in [0.15, 0.2) is 0 Å². The van der Waals surface area contributed by atoms with E-state index in [1.807, 2.05) is 31.2 Å². The topological polar surface area (TPSA) is 66.8 Å². The number of carbonyl (C=O) groups excluding carboxylic acids is 1. The first-order valence-corrected chi connectivity index (χ1v) is 10.7. The van der Waals surface area contributed by atoms with Crippen molar-refractivity contribution in [1.29, 1.82) is 0 Å². The maximum atomic E-state index is 13.2. The fraction of sp³-hybridized carbons (Fsp3) is 0.292. The van der Waals surface area contributed by atoms with Gasteiger partial charge in [0.05, 0.1) is 29.8 Å². The third-order valence-electron chi connectivity index (χ3n) is 5.42. The molecule has 0 spiro atoms. The second kappa shape index (κ2) is 8.78. The highest BCUT2D eigenvalue weighted by Gasteiger charge is 2.29. The number of aliphatic hydroxyl groups is 2. The summed E-state index contributed by atoms with van der Waals surface area (Å²) in [5, 5.41) is 19.5. The van der Waals surface area contributed by atoms with Gasteiger partial charge >= 0.3 is 0 Å². The first-order valence-electron chi connectivity index (χ1n) is 9.90. The van der Waals surface area contributed by atoms with Crippen LogP contribution < -0.4 is 0 Å². The van der Waals surface area contributed by atoms with Gasteiger partial charge in [-0.05, 0) is 53.9 Å². The molecule has 30 heavy (non-hydrogen) atoms. The lowest BCUT2D eigenvalue weighted by Gasteiger charge is -2.32. The molecule has 0 aliphatic carbocycles. The molecule has 3 unspecified atom stereocenters. The molecule has 0 bridgehead atoms. The molecule has 0 saturated carbocycles. The molecule has 1 saturated heterocycles. The van der Waals surface area contributed by atoms with Crippen LogP contribution in [0.2, 0.25) is 0 Å². The largest absolute Gasteiger partial charge is 0.394 e. The van der Waals surface area contributed by atoms with Crippen LogP contribution in [0.25, 0.3) is 10.4 Å². The van der Waals surface area contributed by atoms with E-state index in [-0.39, 0.29) is 24.3 Å². The summed E-state index contributed by atoms with van der Waals surface area (Å²) in [4.78, 5) is 14.7. The van der Waals surface area contributed by atoms with E-state index >= 15 is 0 Å². The molecule has 4 rings (SSSR count). The maximum absolute atomic E-state index is 13.2. The molecule has 1 aromatic heterocycles. The van der Waals surface area contributed by atoms with Crippen LogP contribution in [0.5, 0.6) is 0 Å². The number of hydrogen-bond donors (Lipinski definition) is 2. The number of ether oxygens (including phenoxy) is 1. The van der Waals surface area contributed by atoms with Crippen molar-refractivity contribution in [3.8, 4) is 10.4 Å². The van der Waals surface area contributed by atoms with Crippen LogP contribution in [-0.4, -0.2) is 34.8 Å². The van der Waals surface area contributed by atoms with Gasteiger partial charge < -0.3 is 14.9 Å². The number of carbonyl (C=O) groups is 1. The lowest BCUT2D eigenvalue weighted by molar-refractivity contribution is -0.113. The molecule has 1 aliphatic heterocycles. The van der Waals surface area contributed by atoms with Gasteiger partial charge in [-0.25, -0.2) is 4.39 Å². The van der Waals surface area contributed by atoms with Crippen LogP contribution in [0.15, 0.2) is 54.6 Å². The van der Waals surface area contributed by atoms with Crippen LogP contribution in [0, 0.1) is 12.7 Å². The van der Waals surface area contributed by atoms with Gasteiger partial charge in [-0.3, -0.25) is 4.79 Å². The average Bonchev–Trinajstić information content (AvgIpc) is 3.24. The molecule has 0 amide bonds. The summed E-state index contributed by atoms with van der Waals surface area (Å²) in [5.74, 6) is -0.375. The Morgan fingerprint density at radius 3 is 2.63 bits per heavy atom. The van der Waals surface area contributed by atoms with Crippen molar-refractivity contribution >= 4 is 17.1 Å². The predicted molar refractivity (Wildman–Crippen MR) is 114 cm³/mol. The first-order chi connectivity index (χ1) is 14.4. The number of thiophene rings is 1. The van der Waals surface area contributed by atoms with E-state index in [1.54, 1.807) is 18.2 Å². The molecule has 4 nitrogen and oxygen atoms in total. The summed E-state index contributed by atoms with van der Waals surface area (Å²) in [6.07, 6.45) is -0.477. The fourth-order valence-electron chi connectivity index (χ4n) is 3.77. The minimum atomic E-state index is -0.545. The molecule has 2 heterocycles. The Morgan fingerprint density at radius 1 is 1.13 bits per heavy atom. The number of halogens is 1. The highest BCUT2D eigenvalue weighted by molar-refractivity contribution is 7.17. The van der Waals surface area contributed by atoms with Crippen LogP contribution in [0.3, 0.4) is 0 Å². The van der Waals surface area contributed by atoms with Crippen LogP contribution in [0.4, 0.5) is 4.39 Å². The molecule has 156 valence electrons. The van der Waals surface area contributed by atoms with E-state index in [0.717, 1.165) is 21.6 Å². The molecule has 2 N–H and O–H groups in total. The molecule has 1 aliphatic rings. The zero-order chi connectivity index (χ0) is 21.3. The molecule has 6 heteroatoms. The van der Waals surface area contributed by atoms with Gasteiger partial charge in [0.25, 0.3) is 0 Å². The molecule has 3 aromatic rings. The zero-order valence-corrected chi connectivity index (χ0v) is 17.4. The van der Waals surface area contributed by atoms with Crippen molar-refractivity contribution < 1.29 is 24.1 Å². The number of hydrogen-bond acceptors (Lipinski definition) is 5. The Hall–Kier alpha value is -2.38. The second-order valence-electron chi connectivity index (χ2n) is 7.63. The number of rotatable bonds is 5. The van der Waals surface area contributed by atoms with Crippen molar-refractivity contribution in [2.24, 2.45) is 0 Å². The van der Waals surface area contributed by atoms with Crippen molar-refractivity contribution in [2.45, 2.75) is 38.1 Å². The van der Waals surface area contributed by atoms with Gasteiger partial charge in [0.1, 0.15) is 5.82 Å². The Labute approximate surface area is 178 Å². The quantitative estimate of drug-likeness (QED) is 0.582. The highest BCUT2D eigenvalue weighted by Crippen LogP contribution is 2.34. The second-order valence-corrected chi connectivity index (χ2v) is 8.71. The number of aryl methyl sites for hydroxylation is 1. The normalized spacial score (nSPS) is 21.5. The van der Waals surface area contributed by atoms with Crippen LogP contribution >= 0.6 is 11.3 Å². The van der Waals surface area contributed by atoms with E-state index in [0.29, 0.717) is 23.3 Å². The molecule has 3 atom stereocenters. The summed E-state index contributed by atoms with van der Waals surface area (Å²) in [6, 6.07) is 15.5. The van der Waals surface area contributed by atoms with Gasteiger partial charge in [-0.15, -0.1) is 11.3 Å². The van der Waals surface area contributed by atoms with Crippen molar-refractivity contribution in [1.82, 2.24) is 0 Å². The SMILES string of the molecule is Cc1ccc(C2CC(O)CC(CO)O2)cc1C(=O)c1ccc(-c2ccc(F)cc2)s1. The Kier molecular flexibility index (Phi) is 6.11. The van der Waals surface area contributed by atoms with Crippen molar-refractivity contribution in [3.05, 3.63) is 82.0 Å². The summed E-state index contributed by atoms with van der Waals surface area (Å²) >= 11 is 1.37. The third kappa shape index (κ3) is 4.37. The lowest BCUT2D eigenvalue weighted by Crippen LogP contribution is -2.33. The third-order valence-corrected chi connectivity index (χ3v) is 6.55. The van der Waals surface area contributed by atoms with Gasteiger partial charge in [-0.1, -0.05) is 24.3 Å². The smallest absolute Gasteiger partial charge is 0.203 e. The summed E-state index contributed by atoms with van der Waals surface area (Å²) in [5.41, 5.74) is 3.13. The van der Waals surface area contributed by atoms with Gasteiger partial charge in [0, 0.05) is 23.3 Å². The van der Waals surface area contributed by atoms with Crippen LogP contribution in [0.1, 0.15) is 45.3 Å². The van der Waals surface area contributed by atoms with E-state index in [9.17, 15) is 19.4 Å². The average molecular weight is 427 g/mol. The van der Waals surface area contributed by atoms with E-state index in [1.165, 1.54) is 23.5 Å². The molecule has 1 fully saturated rings. The monoisotopic (exact) mass is 426 g/mol. The lowest BCUT2D eigenvalue weighted by atomic mass is 9.93. The van der Waals surface area contributed by atoms with Gasteiger partial charge in [0.2, 0.25) is 5.78 Å². The van der Waals surface area contributed by atoms with Gasteiger partial charge in [-0.2, -0.15) is 0 Å². The minimum Gasteiger partial charge on any atom is -0.394 e. The predicted octanol–water partition coefficient (Wildman–Crippen LogP) is 4.67. The Bertz CT molecular complexity index is 1040. The van der Waals surface area contributed by atoms with E-state index in [4.69, 9.17) is 4.74 Å². The fourth-order valence-corrected chi connectivity index (χ4v) is 4.73. The first kappa shape index (κ1) is 20.9. The molecular weight excluding hydrogens is 403 g/mol. The zero-order valence-electron chi connectivity index (χ0n) is 16.5. The number of aliphatic hydroxyl groups excluding tert-OH is 2. The molecule has 0 radical (unpaired) electrons. The van der Waals surface area contributed by atoms with Crippen molar-refractivity contribution in [2.75, 3.05) is 6.61 Å². The standard InChI is InChI=1S/C24H23FO4S/c1-14-2-3-16(21-12-18(27)11-19(13-26)29-21)10-20(14)24(28)23-9-8-22(30-23)15-4-6-17(25)7-5-15/h2-10,18-19,21,26-27H,11-13H2,1H3. The summed E-state index contributed by atoms with van der Waals surface area (Å²) < 4.78 is 19.1. The van der Waals surface area contributed by atoms with E-state index in [2.05, 4.69) is 0 Å². The minimum absolute atomic E-state index is 0.0808. The molecular formula is C24H23FO4S. The Balaban J connectivity index is 1.60. The number of benzene rings is 2. The summed E-state index contributed by atoms with van der Waals surface area (Å²) in [7, 11) is 0. The Morgan fingerprint density at radius 2 is 1.90 bits per heavy atom. The highest BCUT2D eigenvalue weighted by atomic mass is 32.1. The number of ketones is 1. The molecule has 2 aromatic carbocycles. The van der Waals surface area contributed by atoms with E-state index < -0.39 is 12.2 Å². The maximum Gasteiger partial charge on any atom is 0.203 e. The van der Waals surface area contributed by atoms with Crippen LogP contribution in [-0.2, 0) is 4.74 Å². The summed E-state index contributed by atoms with van der Waals surface area (Å²) in [6.45, 7) is 1.74.